The standard InChI is InChI=1S/C19H21NO4/c1-13(17-11-15-9-5-6-10-16(15)24-17)20-18(21)12-23-19(22)14-7-3-2-4-8-14/h2-3,5-6,9-11,13-14H,4,7-8,12H2,1H3,(H,20,21)/t13-,14+/m1/s1. The summed E-state index contributed by atoms with van der Waals surface area (Å²) < 4.78 is 10.8. The van der Waals surface area contributed by atoms with Crippen molar-refractivity contribution in [3.63, 3.8) is 0 Å². The molecule has 3 rings (SSSR count). The molecular weight excluding hydrogens is 306 g/mol. The van der Waals surface area contributed by atoms with Crippen LogP contribution in [0, 0.1) is 5.92 Å². The molecule has 1 amide bonds. The zero-order chi connectivity index (χ0) is 16.9. The third-order valence-electron chi connectivity index (χ3n) is 4.20. The number of nitrogens with one attached hydrogen (secondary N) is 1. The van der Waals surface area contributed by atoms with Crippen LogP contribution >= 0.6 is 0 Å². The van der Waals surface area contributed by atoms with Crippen LogP contribution in [0.3, 0.4) is 0 Å². The first kappa shape index (κ1) is 16.3. The SMILES string of the molecule is C[C@@H](NC(=O)COC(=O)[C@H]1CC=CCC1)c1cc2ccccc2o1. The summed E-state index contributed by atoms with van der Waals surface area (Å²) in [6, 6.07) is 9.29. The normalized spacial score (nSPS) is 18.3. The van der Waals surface area contributed by atoms with Crippen LogP contribution in [0.1, 0.15) is 38.0 Å². The van der Waals surface area contributed by atoms with Gasteiger partial charge in [-0.15, -0.1) is 0 Å². The van der Waals surface area contributed by atoms with Crippen LogP contribution in [0.25, 0.3) is 11.0 Å². The predicted octanol–water partition coefficient (Wildman–Crippen LogP) is 3.51. The van der Waals surface area contributed by atoms with Crippen LogP contribution in [0.2, 0.25) is 0 Å². The van der Waals surface area contributed by atoms with E-state index in [2.05, 4.69) is 11.4 Å². The van der Waals surface area contributed by atoms with Gasteiger partial charge in [0.25, 0.3) is 5.91 Å². The summed E-state index contributed by atoms with van der Waals surface area (Å²) in [5.41, 5.74) is 0.783. The Labute approximate surface area is 140 Å². The molecule has 24 heavy (non-hydrogen) atoms. The lowest BCUT2D eigenvalue weighted by atomic mass is 9.95. The number of carbonyl (C=O) groups excluding carboxylic acids is 2. The highest BCUT2D eigenvalue weighted by molar-refractivity contribution is 5.82. The molecule has 0 unspecified atom stereocenters. The van der Waals surface area contributed by atoms with Gasteiger partial charge in [0.2, 0.25) is 0 Å². The quantitative estimate of drug-likeness (QED) is 0.674. The summed E-state index contributed by atoms with van der Waals surface area (Å²) in [4.78, 5) is 23.9. The van der Waals surface area contributed by atoms with Gasteiger partial charge in [-0.25, -0.2) is 0 Å². The van der Waals surface area contributed by atoms with E-state index in [1.165, 1.54) is 0 Å². The third kappa shape index (κ3) is 3.85. The number of esters is 1. The molecule has 0 fully saturated rings. The minimum Gasteiger partial charge on any atom is -0.459 e. The van der Waals surface area contributed by atoms with Crippen LogP contribution in [0.5, 0.6) is 0 Å². The maximum atomic E-state index is 12.0. The molecule has 0 saturated carbocycles. The lowest BCUT2D eigenvalue weighted by Crippen LogP contribution is -2.32. The Kier molecular flexibility index (Phi) is 4.99. The molecule has 0 saturated heterocycles. The topological polar surface area (TPSA) is 68.5 Å². The highest BCUT2D eigenvalue weighted by Crippen LogP contribution is 2.23. The van der Waals surface area contributed by atoms with Gasteiger partial charge in [-0.3, -0.25) is 9.59 Å². The fourth-order valence-corrected chi connectivity index (χ4v) is 2.83. The molecule has 1 N–H and O–H groups in total. The van der Waals surface area contributed by atoms with E-state index < -0.39 is 0 Å². The molecule has 5 heteroatoms. The van der Waals surface area contributed by atoms with Gasteiger partial charge in [-0.1, -0.05) is 30.4 Å². The number of ether oxygens (including phenoxy) is 1. The van der Waals surface area contributed by atoms with E-state index in [1.807, 2.05) is 43.3 Å². The van der Waals surface area contributed by atoms with Gasteiger partial charge >= 0.3 is 5.97 Å². The average molecular weight is 327 g/mol. The summed E-state index contributed by atoms with van der Waals surface area (Å²) in [5, 5.41) is 3.78. The molecule has 1 aliphatic carbocycles. The first-order chi connectivity index (χ1) is 11.6. The van der Waals surface area contributed by atoms with E-state index in [-0.39, 0.29) is 30.4 Å². The number of carbonyl (C=O) groups is 2. The number of hydrogen-bond acceptors (Lipinski definition) is 4. The van der Waals surface area contributed by atoms with Crippen molar-refractivity contribution in [2.24, 2.45) is 5.92 Å². The van der Waals surface area contributed by atoms with Crippen molar-refractivity contribution >= 4 is 22.8 Å². The predicted molar refractivity (Wildman–Crippen MR) is 90.2 cm³/mol. The number of benzene rings is 1. The van der Waals surface area contributed by atoms with Gasteiger partial charge in [-0.05, 0) is 38.3 Å². The van der Waals surface area contributed by atoms with Crippen LogP contribution in [0.4, 0.5) is 0 Å². The Morgan fingerprint density at radius 1 is 1.33 bits per heavy atom. The van der Waals surface area contributed by atoms with Gasteiger partial charge in [0.1, 0.15) is 11.3 Å². The van der Waals surface area contributed by atoms with Crippen molar-refractivity contribution in [3.05, 3.63) is 48.2 Å². The number of para-hydroxylation sites is 1. The smallest absolute Gasteiger partial charge is 0.309 e. The first-order valence-electron chi connectivity index (χ1n) is 8.23. The second kappa shape index (κ2) is 7.34. The number of allylic oxidation sites excluding steroid dienone is 2. The fourth-order valence-electron chi connectivity index (χ4n) is 2.83. The largest absolute Gasteiger partial charge is 0.459 e. The van der Waals surface area contributed by atoms with Crippen molar-refractivity contribution in [2.45, 2.75) is 32.2 Å². The van der Waals surface area contributed by atoms with Crippen LogP contribution in [-0.2, 0) is 14.3 Å². The monoisotopic (exact) mass is 327 g/mol. The van der Waals surface area contributed by atoms with Crippen molar-refractivity contribution in [2.75, 3.05) is 6.61 Å². The number of furan rings is 1. The highest BCUT2D eigenvalue weighted by Gasteiger charge is 2.21. The molecule has 1 aliphatic rings. The van der Waals surface area contributed by atoms with Crippen molar-refractivity contribution in [1.29, 1.82) is 0 Å². The molecule has 0 radical (unpaired) electrons. The molecule has 1 aromatic carbocycles. The van der Waals surface area contributed by atoms with Gasteiger partial charge in [0.05, 0.1) is 12.0 Å². The van der Waals surface area contributed by atoms with Crippen molar-refractivity contribution in [3.8, 4) is 0 Å². The van der Waals surface area contributed by atoms with Crippen LogP contribution < -0.4 is 5.32 Å². The summed E-state index contributed by atoms with van der Waals surface area (Å²) in [7, 11) is 0. The Morgan fingerprint density at radius 2 is 2.17 bits per heavy atom. The third-order valence-corrected chi connectivity index (χ3v) is 4.20. The highest BCUT2D eigenvalue weighted by atomic mass is 16.5. The number of hydrogen-bond donors (Lipinski definition) is 1. The summed E-state index contributed by atoms with van der Waals surface area (Å²) in [6.45, 7) is 1.58. The molecule has 126 valence electrons. The molecule has 2 aromatic rings. The maximum absolute atomic E-state index is 12.0. The zero-order valence-electron chi connectivity index (χ0n) is 13.7. The fraction of sp³-hybridized carbons (Fsp3) is 0.368. The Balaban J connectivity index is 1.50. The summed E-state index contributed by atoms with van der Waals surface area (Å²) in [6.07, 6.45) is 6.40. The summed E-state index contributed by atoms with van der Waals surface area (Å²) >= 11 is 0. The van der Waals surface area contributed by atoms with Gasteiger partial charge in [0.15, 0.2) is 6.61 Å². The number of rotatable bonds is 5. The molecule has 0 aliphatic heterocycles. The maximum Gasteiger partial charge on any atom is 0.309 e. The Hall–Kier alpha value is -2.56. The molecule has 5 nitrogen and oxygen atoms in total. The van der Waals surface area contributed by atoms with E-state index >= 15 is 0 Å². The minimum absolute atomic E-state index is 0.129. The number of amides is 1. The lowest BCUT2D eigenvalue weighted by molar-refractivity contribution is -0.153. The zero-order valence-corrected chi connectivity index (χ0v) is 13.7. The second-order valence-corrected chi connectivity index (χ2v) is 6.06. The molecule has 0 bridgehead atoms. The molecule has 2 atom stereocenters. The Bertz CT molecular complexity index is 729. The average Bonchev–Trinajstić information content (AvgIpc) is 3.05. The minimum atomic E-state index is -0.331. The van der Waals surface area contributed by atoms with Gasteiger partial charge in [-0.2, -0.15) is 0 Å². The van der Waals surface area contributed by atoms with Gasteiger partial charge in [0, 0.05) is 5.39 Å². The first-order valence-corrected chi connectivity index (χ1v) is 8.23. The molecular formula is C19H21NO4. The van der Waals surface area contributed by atoms with Crippen molar-refractivity contribution < 1.29 is 18.7 Å². The van der Waals surface area contributed by atoms with Crippen LogP contribution in [0.15, 0.2) is 46.9 Å². The van der Waals surface area contributed by atoms with E-state index in [0.29, 0.717) is 12.2 Å². The van der Waals surface area contributed by atoms with E-state index in [0.717, 1.165) is 23.8 Å². The van der Waals surface area contributed by atoms with Gasteiger partial charge < -0.3 is 14.5 Å². The number of fused-ring (bicyclic) bond motifs is 1. The van der Waals surface area contributed by atoms with Crippen LogP contribution in [-0.4, -0.2) is 18.5 Å². The second-order valence-electron chi connectivity index (χ2n) is 6.06. The van der Waals surface area contributed by atoms with E-state index in [1.54, 1.807) is 0 Å². The summed E-state index contributed by atoms with van der Waals surface area (Å²) in [5.74, 6) is -0.0857. The van der Waals surface area contributed by atoms with Crippen molar-refractivity contribution in [1.82, 2.24) is 5.32 Å². The lowest BCUT2D eigenvalue weighted by Gasteiger charge is -2.17. The van der Waals surface area contributed by atoms with E-state index in [9.17, 15) is 9.59 Å². The Morgan fingerprint density at radius 3 is 2.92 bits per heavy atom. The molecule has 1 heterocycles. The molecule has 0 spiro atoms. The van der Waals surface area contributed by atoms with E-state index in [4.69, 9.17) is 9.15 Å². The molecule has 1 aromatic heterocycles.